The Hall–Kier alpha value is -4.69. The molecular formula is C25H24F3N9O3. The Balaban J connectivity index is 1.32. The third kappa shape index (κ3) is 3.99. The number of hydrogen-bond donors (Lipinski definition) is 2. The van der Waals surface area contributed by atoms with Crippen molar-refractivity contribution in [2.24, 2.45) is 13.0 Å². The Morgan fingerprint density at radius 3 is 2.77 bits per heavy atom. The van der Waals surface area contributed by atoms with E-state index in [1.807, 2.05) is 0 Å². The highest BCUT2D eigenvalue weighted by Gasteiger charge is 2.57. The Morgan fingerprint density at radius 2 is 2.08 bits per heavy atom. The van der Waals surface area contributed by atoms with Gasteiger partial charge in [-0.1, -0.05) is 0 Å². The monoisotopic (exact) mass is 558 g/mol. The molecule has 1 saturated carbocycles. The molecule has 0 bridgehead atoms. The number of hydrogen-bond acceptors (Lipinski definition) is 8. The third-order valence-electron chi connectivity index (χ3n) is 7.32. The zero-order valence-electron chi connectivity index (χ0n) is 24.2. The molecule has 2 N–H and O–H groups in total. The van der Waals surface area contributed by atoms with Gasteiger partial charge in [-0.15, -0.1) is 13.2 Å². The van der Waals surface area contributed by atoms with Crippen molar-refractivity contribution in [3.8, 4) is 11.3 Å². The predicted octanol–water partition coefficient (Wildman–Crippen LogP) is 3.43. The molecule has 1 spiro atoms. The molecule has 1 aliphatic heterocycles. The van der Waals surface area contributed by atoms with Crippen LogP contribution in [0.5, 0.6) is 0 Å². The van der Waals surface area contributed by atoms with E-state index in [1.165, 1.54) is 18.0 Å². The van der Waals surface area contributed by atoms with Crippen LogP contribution in [-0.2, 0) is 28.3 Å². The van der Waals surface area contributed by atoms with E-state index in [9.17, 15) is 22.8 Å². The number of pyridine rings is 2. The number of nitrogens with one attached hydrogen (secondary N) is 2. The molecule has 0 saturated heterocycles. The lowest BCUT2D eigenvalue weighted by molar-refractivity contribution is -0.212. The number of likely N-dealkylation sites (N-methyl/N-ethyl adjacent to an activating group) is 1. The van der Waals surface area contributed by atoms with Crippen molar-refractivity contribution in [1.29, 1.82) is 0 Å². The van der Waals surface area contributed by atoms with Crippen LogP contribution in [0.15, 0.2) is 36.8 Å². The number of alkyl carbamates (subject to hydrolysis) is 1. The second-order valence-electron chi connectivity index (χ2n) is 9.76. The number of aryl methyl sites for hydroxylation is 1. The van der Waals surface area contributed by atoms with Crippen molar-refractivity contribution in [3.63, 3.8) is 0 Å². The first-order chi connectivity index (χ1) is 20.2. The number of aromatic nitrogens is 6. The number of alkyl halides is 3. The average molecular weight is 559 g/mol. The lowest BCUT2D eigenvalue weighted by atomic mass is 9.59. The molecule has 40 heavy (non-hydrogen) atoms. The minimum Gasteiger partial charge on any atom is -0.453 e. The number of nitrogens with zero attached hydrogens (tertiary/aromatic N) is 7. The Kier molecular flexibility index (Phi) is 4.94. The van der Waals surface area contributed by atoms with Crippen LogP contribution in [0.3, 0.4) is 0 Å². The average Bonchev–Trinajstić information content (AvgIpc) is 3.59. The number of ether oxygens (including phenoxy) is 1. The highest BCUT2D eigenvalue weighted by molar-refractivity contribution is 6.08. The first-order valence-corrected chi connectivity index (χ1v) is 12.1. The second kappa shape index (κ2) is 8.93. The van der Waals surface area contributed by atoms with Gasteiger partial charge in [0.1, 0.15) is 22.8 Å². The number of halogens is 3. The molecule has 4 aromatic rings. The fourth-order valence-electron chi connectivity index (χ4n) is 5.40. The summed E-state index contributed by atoms with van der Waals surface area (Å²) < 4.78 is 69.1. The number of carbonyl (C=O) groups excluding carboxylic acids is 2. The molecule has 5 heterocycles. The van der Waals surface area contributed by atoms with Gasteiger partial charge in [-0.05, 0) is 42.5 Å². The van der Waals surface area contributed by atoms with Gasteiger partial charge >= 0.3 is 12.4 Å². The van der Waals surface area contributed by atoms with Crippen LogP contribution in [0.2, 0.25) is 0 Å². The first kappa shape index (κ1) is 22.2. The second-order valence-corrected chi connectivity index (χ2v) is 9.76. The minimum absolute atomic E-state index is 0.0770. The lowest BCUT2D eigenvalue weighted by Gasteiger charge is -2.44. The molecular weight excluding hydrogens is 531 g/mol. The van der Waals surface area contributed by atoms with E-state index in [0.717, 1.165) is 17.3 Å². The summed E-state index contributed by atoms with van der Waals surface area (Å²) in [6.07, 6.45) is -1.47. The van der Waals surface area contributed by atoms with Crippen molar-refractivity contribution in [2.45, 2.75) is 24.6 Å². The maximum atomic E-state index is 13.5. The summed E-state index contributed by atoms with van der Waals surface area (Å²) in [6, 6.07) is 4.93. The van der Waals surface area contributed by atoms with E-state index in [-0.39, 0.29) is 45.7 Å². The van der Waals surface area contributed by atoms with Crippen molar-refractivity contribution >= 4 is 40.4 Å². The molecule has 12 nitrogen and oxygen atoms in total. The number of carbonyl (C=O) groups is 2. The van der Waals surface area contributed by atoms with Gasteiger partial charge < -0.3 is 20.3 Å². The van der Waals surface area contributed by atoms with Crippen molar-refractivity contribution < 1.29 is 31.6 Å². The molecule has 6 rings (SSSR count). The molecule has 0 atom stereocenters. The lowest BCUT2D eigenvalue weighted by Crippen LogP contribution is -2.51. The predicted molar refractivity (Wildman–Crippen MR) is 137 cm³/mol. The van der Waals surface area contributed by atoms with E-state index in [4.69, 9.17) is 4.11 Å². The normalized spacial score (nSPS) is 21.5. The molecule has 2 aliphatic rings. The van der Waals surface area contributed by atoms with Crippen LogP contribution >= 0.6 is 0 Å². The number of anilines is 3. The zero-order chi connectivity index (χ0) is 30.9. The molecule has 4 aromatic heterocycles. The van der Waals surface area contributed by atoms with E-state index in [1.54, 1.807) is 25.2 Å². The molecule has 208 valence electrons. The summed E-state index contributed by atoms with van der Waals surface area (Å²) in [4.78, 5) is 34.7. The third-order valence-corrected chi connectivity index (χ3v) is 7.32. The Labute approximate surface area is 229 Å². The minimum atomic E-state index is -4.69. The number of fused-ring (bicyclic) bond motifs is 3. The van der Waals surface area contributed by atoms with Crippen molar-refractivity contribution in [3.05, 3.63) is 42.4 Å². The fraction of sp³-hybridized carbons (Fsp3) is 0.360. The Morgan fingerprint density at radius 1 is 1.27 bits per heavy atom. The highest BCUT2D eigenvalue weighted by atomic mass is 19.4. The molecule has 1 fully saturated rings. The van der Waals surface area contributed by atoms with E-state index in [2.05, 4.69) is 35.5 Å². The van der Waals surface area contributed by atoms with E-state index in [0.29, 0.717) is 29.4 Å². The zero-order valence-corrected chi connectivity index (χ0v) is 21.2. The number of amides is 2. The van der Waals surface area contributed by atoms with Crippen molar-refractivity contribution in [1.82, 2.24) is 34.8 Å². The SMILES string of the molecule is [2H]C([2H])([2H])N1C(=O)C2(CC(CNC(=O)OC)C2)c2cc(Nc3ccc4c(n3)c(-c3cnn(C(F)(F)F)c3)nn4C)ncc21. The first-order valence-electron chi connectivity index (χ1n) is 13.6. The summed E-state index contributed by atoms with van der Waals surface area (Å²) in [5.74, 6) is -0.0737. The van der Waals surface area contributed by atoms with E-state index < -0.39 is 30.7 Å². The van der Waals surface area contributed by atoms with Gasteiger partial charge in [0.15, 0.2) is 0 Å². The molecule has 1 aliphatic carbocycles. The summed E-state index contributed by atoms with van der Waals surface area (Å²) in [5.41, 5.74) is 0.750. The van der Waals surface area contributed by atoms with Gasteiger partial charge in [-0.3, -0.25) is 9.48 Å². The van der Waals surface area contributed by atoms with Gasteiger partial charge in [-0.25, -0.2) is 14.8 Å². The smallest absolute Gasteiger partial charge is 0.453 e. The van der Waals surface area contributed by atoms with Gasteiger partial charge in [0.2, 0.25) is 5.91 Å². The summed E-state index contributed by atoms with van der Waals surface area (Å²) in [6.45, 7) is -2.47. The fourth-order valence-corrected chi connectivity index (χ4v) is 5.40. The van der Waals surface area contributed by atoms with Gasteiger partial charge in [0, 0.05) is 36.4 Å². The largest absolute Gasteiger partial charge is 0.504 e. The maximum absolute atomic E-state index is 13.5. The molecule has 0 aromatic carbocycles. The summed E-state index contributed by atoms with van der Waals surface area (Å²) >= 11 is 0. The Bertz CT molecular complexity index is 1760. The maximum Gasteiger partial charge on any atom is 0.504 e. The summed E-state index contributed by atoms with van der Waals surface area (Å²) in [7, 11) is 2.88. The quantitative estimate of drug-likeness (QED) is 0.381. The van der Waals surface area contributed by atoms with Gasteiger partial charge in [0.25, 0.3) is 0 Å². The van der Waals surface area contributed by atoms with Crippen LogP contribution in [0, 0.1) is 5.92 Å². The highest BCUT2D eigenvalue weighted by Crippen LogP contribution is 2.55. The topological polar surface area (TPSA) is 132 Å². The molecule has 0 unspecified atom stereocenters. The van der Waals surface area contributed by atoms with Crippen LogP contribution in [0.1, 0.15) is 22.5 Å². The van der Waals surface area contributed by atoms with Crippen molar-refractivity contribution in [2.75, 3.05) is 30.8 Å². The molecule has 0 radical (unpaired) electrons. The van der Waals surface area contributed by atoms with Gasteiger partial charge in [0.05, 0.1) is 36.1 Å². The number of methoxy groups -OCH3 is 1. The van der Waals surface area contributed by atoms with Gasteiger partial charge in [-0.2, -0.15) is 14.9 Å². The molecule has 2 amide bonds. The molecule has 15 heteroatoms. The van der Waals surface area contributed by atoms with E-state index >= 15 is 0 Å². The van der Waals surface area contributed by atoms with Crippen LogP contribution in [0.25, 0.3) is 22.3 Å². The van der Waals surface area contributed by atoms with Crippen LogP contribution < -0.4 is 15.5 Å². The standard InChI is InChI=1S/C25H24F3N9O3/c1-35-17-11-29-19(6-15(17)24(22(35)38)7-13(8-24)9-30-23(39)40-3)32-18-5-4-16-21(33-18)20(34-36(16)2)14-10-31-37(12-14)25(26,27)28/h4-6,10-13H,7-9H2,1-3H3,(H,30,39)(H,29,32,33)/i1D3. The van der Waals surface area contributed by atoms with Crippen LogP contribution in [0.4, 0.5) is 35.3 Å². The summed E-state index contributed by atoms with van der Waals surface area (Å²) in [5, 5.41) is 13.4. The number of rotatable bonds is 5. The van der Waals surface area contributed by atoms with Crippen LogP contribution in [-0.4, -0.2) is 62.2 Å².